The Labute approximate surface area is 185 Å². The molecule has 164 valence electrons. The molecule has 0 unspecified atom stereocenters. The molecule has 2 amide bonds. The van der Waals surface area contributed by atoms with Gasteiger partial charge in [-0.3, -0.25) is 9.59 Å². The average molecular weight is 429 g/mol. The lowest BCUT2D eigenvalue weighted by Gasteiger charge is -2.32. The fraction of sp³-hybridized carbons (Fsp3) is 0.520. The van der Waals surface area contributed by atoms with Gasteiger partial charge in [0.25, 0.3) is 0 Å². The minimum Gasteiger partial charge on any atom is -0.332 e. The first kappa shape index (κ1) is 24.1. The third-order valence-electron chi connectivity index (χ3n) is 5.46. The summed E-state index contributed by atoms with van der Waals surface area (Å²) in [6.07, 6.45) is 3.84. The zero-order valence-corrected chi connectivity index (χ0v) is 19.7. The Hall–Kier alpha value is -2.14. The summed E-state index contributed by atoms with van der Waals surface area (Å²) in [4.78, 5) is 31.4. The number of amides is 2. The molecule has 0 saturated heterocycles. The lowest BCUT2D eigenvalue weighted by molar-refractivity contribution is -0.145. The molecule has 0 bridgehead atoms. The molecule has 0 saturated carbocycles. The summed E-state index contributed by atoms with van der Waals surface area (Å²) in [5, 5.41) is 2.03. The molecule has 0 aliphatic carbocycles. The number of thiophene rings is 1. The van der Waals surface area contributed by atoms with Crippen LogP contribution in [0.15, 0.2) is 47.8 Å². The summed E-state index contributed by atoms with van der Waals surface area (Å²) < 4.78 is 0. The van der Waals surface area contributed by atoms with Gasteiger partial charge in [-0.2, -0.15) is 0 Å². The average Bonchev–Trinajstić information content (AvgIpc) is 3.25. The Morgan fingerprint density at radius 1 is 1.00 bits per heavy atom. The van der Waals surface area contributed by atoms with Gasteiger partial charge in [-0.05, 0) is 43.7 Å². The van der Waals surface area contributed by atoms with Gasteiger partial charge in [0, 0.05) is 23.4 Å². The van der Waals surface area contributed by atoms with Crippen molar-refractivity contribution < 1.29 is 9.59 Å². The fourth-order valence-electron chi connectivity index (χ4n) is 3.57. The van der Waals surface area contributed by atoms with Gasteiger partial charge in [0.2, 0.25) is 11.8 Å². The highest BCUT2D eigenvalue weighted by molar-refractivity contribution is 7.09. The zero-order valence-electron chi connectivity index (χ0n) is 18.8. The molecule has 1 atom stereocenters. The highest BCUT2D eigenvalue weighted by atomic mass is 32.1. The first-order valence-electron chi connectivity index (χ1n) is 11.1. The van der Waals surface area contributed by atoms with Crippen molar-refractivity contribution in [2.75, 3.05) is 6.54 Å². The number of nitrogens with zero attached hydrogens (tertiary/aromatic N) is 2. The van der Waals surface area contributed by atoms with Crippen molar-refractivity contribution in [1.29, 1.82) is 0 Å². The van der Waals surface area contributed by atoms with Crippen LogP contribution in [-0.4, -0.2) is 34.2 Å². The largest absolute Gasteiger partial charge is 0.332 e. The molecule has 0 radical (unpaired) electrons. The van der Waals surface area contributed by atoms with Gasteiger partial charge in [0.1, 0.15) is 6.54 Å². The number of hydrogen-bond acceptors (Lipinski definition) is 3. The molecule has 1 aromatic heterocycles. The Kier molecular flexibility index (Phi) is 10.1. The van der Waals surface area contributed by atoms with Crippen LogP contribution in [0.4, 0.5) is 0 Å². The Balaban J connectivity index is 2.16. The molecule has 0 aliphatic rings. The molecular formula is C25H36N2O2S. The summed E-state index contributed by atoms with van der Waals surface area (Å²) in [6, 6.07) is 14.1. The first-order chi connectivity index (χ1) is 14.5. The summed E-state index contributed by atoms with van der Waals surface area (Å²) in [7, 11) is 0. The summed E-state index contributed by atoms with van der Waals surface area (Å²) >= 11 is 1.65. The second kappa shape index (κ2) is 12.5. The van der Waals surface area contributed by atoms with Gasteiger partial charge in [-0.15, -0.1) is 11.3 Å². The predicted octanol–water partition coefficient (Wildman–Crippen LogP) is 5.73. The molecule has 0 spiro atoms. The smallest absolute Gasteiger partial charge is 0.242 e. The van der Waals surface area contributed by atoms with E-state index < -0.39 is 0 Å². The summed E-state index contributed by atoms with van der Waals surface area (Å²) in [5.41, 5.74) is 1.10. The molecule has 0 fully saturated rings. The maximum Gasteiger partial charge on any atom is 0.242 e. The van der Waals surface area contributed by atoms with Crippen LogP contribution >= 0.6 is 11.3 Å². The van der Waals surface area contributed by atoms with Gasteiger partial charge in [0.15, 0.2) is 0 Å². The summed E-state index contributed by atoms with van der Waals surface area (Å²) in [6.45, 7) is 9.46. The van der Waals surface area contributed by atoms with E-state index in [4.69, 9.17) is 0 Å². The van der Waals surface area contributed by atoms with Crippen molar-refractivity contribution in [2.24, 2.45) is 5.92 Å². The first-order valence-corrected chi connectivity index (χ1v) is 12.0. The van der Waals surface area contributed by atoms with Crippen LogP contribution in [0, 0.1) is 5.92 Å². The SMILES string of the molecule is CCCC[C@@H](CC)C(=O)N(CC(=O)N(Cc1ccccc1)Cc1cccs1)C(C)C. The standard InChI is InChI=1S/C25H36N2O2S/c1-5-7-14-22(6-2)25(29)27(20(3)4)19-24(28)26(18-23-15-11-16-30-23)17-21-12-9-8-10-13-21/h8-13,15-16,20,22H,5-7,14,17-19H2,1-4H3/t22-/m1/s1. The van der Waals surface area contributed by atoms with E-state index in [1.54, 1.807) is 16.2 Å². The van der Waals surface area contributed by atoms with E-state index in [-0.39, 0.29) is 30.3 Å². The predicted molar refractivity (Wildman–Crippen MR) is 125 cm³/mol. The molecule has 0 aliphatic heterocycles. The van der Waals surface area contributed by atoms with Crippen LogP contribution in [0.2, 0.25) is 0 Å². The molecular weight excluding hydrogens is 392 g/mol. The van der Waals surface area contributed by atoms with E-state index in [1.807, 2.05) is 60.5 Å². The number of unbranched alkanes of at least 4 members (excludes halogenated alkanes) is 1. The second-order valence-electron chi connectivity index (χ2n) is 8.12. The second-order valence-corrected chi connectivity index (χ2v) is 9.15. The van der Waals surface area contributed by atoms with Crippen molar-refractivity contribution in [3.8, 4) is 0 Å². The van der Waals surface area contributed by atoms with Gasteiger partial charge < -0.3 is 9.80 Å². The number of hydrogen-bond donors (Lipinski definition) is 0. The number of rotatable bonds is 12. The monoisotopic (exact) mass is 428 g/mol. The molecule has 1 aromatic carbocycles. The van der Waals surface area contributed by atoms with E-state index >= 15 is 0 Å². The highest BCUT2D eigenvalue weighted by Crippen LogP contribution is 2.19. The third kappa shape index (κ3) is 7.28. The van der Waals surface area contributed by atoms with E-state index in [2.05, 4.69) is 19.9 Å². The van der Waals surface area contributed by atoms with E-state index in [0.717, 1.165) is 36.1 Å². The maximum atomic E-state index is 13.4. The third-order valence-corrected chi connectivity index (χ3v) is 6.32. The Morgan fingerprint density at radius 3 is 2.30 bits per heavy atom. The molecule has 30 heavy (non-hydrogen) atoms. The topological polar surface area (TPSA) is 40.6 Å². The van der Waals surface area contributed by atoms with E-state index in [1.165, 1.54) is 0 Å². The van der Waals surface area contributed by atoms with Crippen LogP contribution in [-0.2, 0) is 22.7 Å². The number of benzene rings is 1. The fourth-order valence-corrected chi connectivity index (χ4v) is 4.29. The summed E-state index contributed by atoms with van der Waals surface area (Å²) in [5.74, 6) is 0.116. The van der Waals surface area contributed by atoms with Crippen molar-refractivity contribution >= 4 is 23.2 Å². The van der Waals surface area contributed by atoms with Crippen molar-refractivity contribution in [3.63, 3.8) is 0 Å². The van der Waals surface area contributed by atoms with Crippen LogP contribution in [0.5, 0.6) is 0 Å². The van der Waals surface area contributed by atoms with Crippen molar-refractivity contribution in [1.82, 2.24) is 9.80 Å². The van der Waals surface area contributed by atoms with E-state index in [9.17, 15) is 9.59 Å². The normalized spacial score (nSPS) is 12.0. The van der Waals surface area contributed by atoms with Crippen molar-refractivity contribution in [2.45, 2.75) is 72.5 Å². The lowest BCUT2D eigenvalue weighted by atomic mass is 9.97. The number of carbonyl (C=O) groups is 2. The highest BCUT2D eigenvalue weighted by Gasteiger charge is 2.28. The molecule has 4 nitrogen and oxygen atoms in total. The zero-order chi connectivity index (χ0) is 21.9. The van der Waals surface area contributed by atoms with Crippen LogP contribution in [0.3, 0.4) is 0 Å². The van der Waals surface area contributed by atoms with Crippen molar-refractivity contribution in [3.05, 3.63) is 58.3 Å². The minimum atomic E-state index is -0.00237. The maximum absolute atomic E-state index is 13.4. The molecule has 1 heterocycles. The van der Waals surface area contributed by atoms with Crippen LogP contribution in [0.25, 0.3) is 0 Å². The molecule has 0 N–H and O–H groups in total. The van der Waals surface area contributed by atoms with Gasteiger partial charge in [0.05, 0.1) is 6.54 Å². The molecule has 2 aromatic rings. The Bertz CT molecular complexity index is 759. The van der Waals surface area contributed by atoms with Gasteiger partial charge >= 0.3 is 0 Å². The van der Waals surface area contributed by atoms with Crippen LogP contribution < -0.4 is 0 Å². The van der Waals surface area contributed by atoms with Gasteiger partial charge in [-0.25, -0.2) is 0 Å². The molecule has 2 rings (SSSR count). The van der Waals surface area contributed by atoms with Gasteiger partial charge in [-0.1, -0.05) is 63.1 Å². The molecule has 5 heteroatoms. The number of carbonyl (C=O) groups excluding carboxylic acids is 2. The quantitative estimate of drug-likeness (QED) is 0.433. The lowest BCUT2D eigenvalue weighted by Crippen LogP contribution is -2.47. The Morgan fingerprint density at radius 2 is 1.73 bits per heavy atom. The van der Waals surface area contributed by atoms with E-state index in [0.29, 0.717) is 13.1 Å². The minimum absolute atomic E-state index is 0.0000179. The van der Waals surface area contributed by atoms with Crippen LogP contribution in [0.1, 0.15) is 63.8 Å².